The summed E-state index contributed by atoms with van der Waals surface area (Å²) in [5.74, 6) is 2.01. The maximum Gasteiger partial charge on any atom is 0.131 e. The lowest BCUT2D eigenvalue weighted by molar-refractivity contribution is 0.106. The van der Waals surface area contributed by atoms with Gasteiger partial charge < -0.3 is 24.6 Å². The number of hydrogen-bond acceptors (Lipinski definition) is 6. The van der Waals surface area contributed by atoms with Crippen LogP contribution in [0.2, 0.25) is 0 Å². The van der Waals surface area contributed by atoms with Crippen molar-refractivity contribution in [3.63, 3.8) is 0 Å². The van der Waals surface area contributed by atoms with Crippen LogP contribution in [0, 0.1) is 0 Å². The molecule has 6 heteroatoms. The first-order valence-electron chi connectivity index (χ1n) is 7.10. The number of hydrogen-bond donors (Lipinski definition) is 2. The first-order valence-corrected chi connectivity index (χ1v) is 7.10. The van der Waals surface area contributed by atoms with Crippen LogP contribution in [0.3, 0.4) is 0 Å². The minimum Gasteiger partial charge on any atom is -0.496 e. The van der Waals surface area contributed by atoms with Crippen LogP contribution in [0.5, 0.6) is 17.2 Å². The van der Waals surface area contributed by atoms with Crippen molar-refractivity contribution in [1.82, 2.24) is 10.2 Å². The molecule has 1 heterocycles. The fourth-order valence-corrected chi connectivity index (χ4v) is 2.74. The van der Waals surface area contributed by atoms with E-state index < -0.39 is 0 Å². The molecule has 21 heavy (non-hydrogen) atoms. The molecule has 1 saturated heterocycles. The fourth-order valence-electron chi connectivity index (χ4n) is 2.74. The Morgan fingerprint density at radius 2 is 1.67 bits per heavy atom. The first-order chi connectivity index (χ1) is 10.2. The summed E-state index contributed by atoms with van der Waals surface area (Å²) in [5, 5.41) is 13.2. The van der Waals surface area contributed by atoms with Gasteiger partial charge in [-0.15, -0.1) is 0 Å². The molecule has 1 aromatic rings. The molecule has 2 rings (SSSR count). The van der Waals surface area contributed by atoms with Crippen molar-refractivity contribution in [2.75, 3.05) is 54.1 Å². The second kappa shape index (κ2) is 7.49. The molecule has 0 aromatic heterocycles. The van der Waals surface area contributed by atoms with E-state index in [0.29, 0.717) is 17.2 Å². The van der Waals surface area contributed by atoms with Crippen LogP contribution in [0.15, 0.2) is 12.1 Å². The highest BCUT2D eigenvalue weighted by molar-refractivity contribution is 5.52. The van der Waals surface area contributed by atoms with Crippen molar-refractivity contribution in [1.29, 1.82) is 0 Å². The molecular weight excluding hydrogens is 272 g/mol. The van der Waals surface area contributed by atoms with Gasteiger partial charge in [-0.3, -0.25) is 4.90 Å². The van der Waals surface area contributed by atoms with E-state index in [4.69, 9.17) is 14.2 Å². The monoisotopic (exact) mass is 296 g/mol. The van der Waals surface area contributed by atoms with E-state index in [1.54, 1.807) is 21.3 Å². The average molecular weight is 296 g/mol. The zero-order valence-corrected chi connectivity index (χ0v) is 12.9. The molecule has 0 unspecified atom stereocenters. The van der Waals surface area contributed by atoms with Crippen LogP contribution in [-0.4, -0.2) is 64.1 Å². The van der Waals surface area contributed by atoms with Crippen molar-refractivity contribution in [3.8, 4) is 17.2 Å². The quantitative estimate of drug-likeness (QED) is 0.804. The Morgan fingerprint density at radius 3 is 2.10 bits per heavy atom. The van der Waals surface area contributed by atoms with E-state index in [1.807, 2.05) is 12.1 Å². The van der Waals surface area contributed by atoms with Crippen LogP contribution in [0.4, 0.5) is 0 Å². The van der Waals surface area contributed by atoms with E-state index >= 15 is 0 Å². The number of nitrogens with zero attached hydrogens (tertiary/aromatic N) is 1. The van der Waals surface area contributed by atoms with E-state index in [-0.39, 0.29) is 12.6 Å². The summed E-state index contributed by atoms with van der Waals surface area (Å²) >= 11 is 0. The fraction of sp³-hybridized carbons (Fsp3) is 0.600. The van der Waals surface area contributed by atoms with Gasteiger partial charge in [0.05, 0.1) is 39.5 Å². The Kier molecular flexibility index (Phi) is 5.67. The number of nitrogens with one attached hydrogen (secondary N) is 1. The number of aliphatic hydroxyl groups excluding tert-OH is 1. The maximum atomic E-state index is 9.89. The highest BCUT2D eigenvalue weighted by Crippen LogP contribution is 2.40. The molecule has 0 aliphatic carbocycles. The minimum atomic E-state index is -0.150. The molecule has 1 aromatic carbocycles. The molecule has 0 spiro atoms. The van der Waals surface area contributed by atoms with Crippen molar-refractivity contribution in [2.24, 2.45) is 0 Å². The van der Waals surface area contributed by atoms with Gasteiger partial charge in [-0.25, -0.2) is 0 Å². The van der Waals surface area contributed by atoms with E-state index in [9.17, 15) is 5.11 Å². The summed E-state index contributed by atoms with van der Waals surface area (Å²) in [6.45, 7) is 3.60. The number of ether oxygens (including phenoxy) is 3. The molecule has 118 valence electrons. The standard InChI is InChI=1S/C15H24N2O4/c1-19-11-8-13(20-2)15(14(9-11)21-3)12(10-18)17-6-4-16-5-7-17/h8-9,12,16,18H,4-7,10H2,1-3H3/t12-/m1/s1. The lowest BCUT2D eigenvalue weighted by Gasteiger charge is -2.35. The number of methoxy groups -OCH3 is 3. The molecule has 1 aliphatic rings. The summed E-state index contributed by atoms with van der Waals surface area (Å²) in [6.07, 6.45) is 0. The highest BCUT2D eigenvalue weighted by atomic mass is 16.5. The summed E-state index contributed by atoms with van der Waals surface area (Å²) in [4.78, 5) is 2.24. The van der Waals surface area contributed by atoms with Gasteiger partial charge in [-0.05, 0) is 0 Å². The zero-order valence-electron chi connectivity index (χ0n) is 12.9. The predicted octanol–water partition coefficient (Wildman–Crippen LogP) is 0.651. The molecule has 0 radical (unpaired) electrons. The third-order valence-corrected chi connectivity index (χ3v) is 3.85. The maximum absolute atomic E-state index is 9.89. The van der Waals surface area contributed by atoms with Crippen LogP contribution < -0.4 is 19.5 Å². The van der Waals surface area contributed by atoms with E-state index in [2.05, 4.69) is 10.2 Å². The number of benzene rings is 1. The van der Waals surface area contributed by atoms with Crippen LogP contribution in [0.25, 0.3) is 0 Å². The van der Waals surface area contributed by atoms with Gasteiger partial charge in [0.1, 0.15) is 17.2 Å². The van der Waals surface area contributed by atoms with Crippen molar-refractivity contribution in [3.05, 3.63) is 17.7 Å². The molecule has 0 saturated carbocycles. The van der Waals surface area contributed by atoms with Gasteiger partial charge in [0.25, 0.3) is 0 Å². The molecule has 1 atom stereocenters. The van der Waals surface area contributed by atoms with Gasteiger partial charge in [0, 0.05) is 38.3 Å². The van der Waals surface area contributed by atoms with Crippen molar-refractivity contribution in [2.45, 2.75) is 6.04 Å². The zero-order chi connectivity index (χ0) is 15.2. The average Bonchev–Trinajstić information content (AvgIpc) is 2.56. The largest absolute Gasteiger partial charge is 0.496 e. The third kappa shape index (κ3) is 3.40. The number of piperazine rings is 1. The summed E-state index contributed by atoms with van der Waals surface area (Å²) in [6, 6.07) is 3.49. The second-order valence-corrected chi connectivity index (χ2v) is 4.93. The topological polar surface area (TPSA) is 63.2 Å². The summed E-state index contributed by atoms with van der Waals surface area (Å²) in [5.41, 5.74) is 0.866. The second-order valence-electron chi connectivity index (χ2n) is 4.93. The van der Waals surface area contributed by atoms with Crippen LogP contribution in [0.1, 0.15) is 11.6 Å². The normalized spacial score (nSPS) is 17.3. The van der Waals surface area contributed by atoms with Crippen LogP contribution in [-0.2, 0) is 0 Å². The SMILES string of the molecule is COc1cc(OC)c([C@@H](CO)N2CCNCC2)c(OC)c1. The third-order valence-electron chi connectivity index (χ3n) is 3.85. The Bertz CT molecular complexity index is 436. The Hall–Kier alpha value is -1.50. The molecule has 0 bridgehead atoms. The van der Waals surface area contributed by atoms with Crippen molar-refractivity contribution >= 4 is 0 Å². The minimum absolute atomic E-state index is 0.0129. The summed E-state index contributed by atoms with van der Waals surface area (Å²) in [7, 11) is 4.83. The highest BCUT2D eigenvalue weighted by Gasteiger charge is 2.28. The molecular formula is C15H24N2O4. The van der Waals surface area contributed by atoms with Gasteiger partial charge in [-0.2, -0.15) is 0 Å². The lowest BCUT2D eigenvalue weighted by Crippen LogP contribution is -2.46. The smallest absolute Gasteiger partial charge is 0.131 e. The number of aliphatic hydroxyl groups is 1. The molecule has 1 aliphatic heterocycles. The van der Waals surface area contributed by atoms with Gasteiger partial charge in [-0.1, -0.05) is 0 Å². The molecule has 2 N–H and O–H groups in total. The Labute approximate surface area is 125 Å². The Balaban J connectivity index is 2.42. The summed E-state index contributed by atoms with van der Waals surface area (Å²) < 4.78 is 16.2. The van der Waals surface area contributed by atoms with Crippen LogP contribution >= 0.6 is 0 Å². The first kappa shape index (κ1) is 15.9. The van der Waals surface area contributed by atoms with Gasteiger partial charge in [0.15, 0.2) is 0 Å². The van der Waals surface area contributed by atoms with E-state index in [1.165, 1.54) is 0 Å². The van der Waals surface area contributed by atoms with E-state index in [0.717, 1.165) is 31.7 Å². The van der Waals surface area contributed by atoms with Gasteiger partial charge >= 0.3 is 0 Å². The molecule has 1 fully saturated rings. The predicted molar refractivity (Wildman–Crippen MR) is 80.4 cm³/mol. The Morgan fingerprint density at radius 1 is 1.10 bits per heavy atom. The van der Waals surface area contributed by atoms with Crippen molar-refractivity contribution < 1.29 is 19.3 Å². The van der Waals surface area contributed by atoms with Gasteiger partial charge in [0.2, 0.25) is 0 Å². The lowest BCUT2D eigenvalue weighted by atomic mass is 10.0. The molecule has 6 nitrogen and oxygen atoms in total. The number of rotatable bonds is 6. The molecule has 0 amide bonds.